The van der Waals surface area contributed by atoms with Gasteiger partial charge in [-0.25, -0.2) is 4.98 Å². The minimum atomic E-state index is 0.587. The summed E-state index contributed by atoms with van der Waals surface area (Å²) >= 11 is 0. The molecule has 0 aromatic carbocycles. The highest BCUT2D eigenvalue weighted by Gasteiger charge is 2.24. The van der Waals surface area contributed by atoms with Crippen molar-refractivity contribution < 1.29 is 0 Å². The third-order valence-corrected chi connectivity index (χ3v) is 4.38. The summed E-state index contributed by atoms with van der Waals surface area (Å²) in [5.41, 5.74) is 2.74. The van der Waals surface area contributed by atoms with Crippen LogP contribution in [-0.2, 0) is 0 Å². The van der Waals surface area contributed by atoms with Crippen molar-refractivity contribution in [3.8, 4) is 0 Å². The SMILES string of the molecule is Cc1cc([C@H]2CCCN2C)cnc1N1CCCC1. The first-order valence-electron chi connectivity index (χ1n) is 7.17. The minimum Gasteiger partial charge on any atom is -0.356 e. The van der Waals surface area contributed by atoms with Crippen LogP contribution < -0.4 is 4.90 Å². The molecule has 0 saturated carbocycles. The van der Waals surface area contributed by atoms with Crippen LogP contribution in [0.4, 0.5) is 5.82 Å². The summed E-state index contributed by atoms with van der Waals surface area (Å²) in [4.78, 5) is 9.62. The molecule has 1 atom stereocenters. The Bertz CT molecular complexity index is 424. The molecule has 2 saturated heterocycles. The van der Waals surface area contributed by atoms with Gasteiger partial charge >= 0.3 is 0 Å². The predicted octanol–water partition coefficient (Wildman–Crippen LogP) is 2.76. The fraction of sp³-hybridized carbons (Fsp3) is 0.667. The maximum atomic E-state index is 4.74. The number of likely N-dealkylation sites (tertiary alicyclic amines) is 1. The van der Waals surface area contributed by atoms with E-state index in [0.717, 1.165) is 0 Å². The van der Waals surface area contributed by atoms with Crippen LogP contribution in [0.3, 0.4) is 0 Å². The second kappa shape index (κ2) is 4.88. The van der Waals surface area contributed by atoms with Crippen molar-refractivity contribution in [2.24, 2.45) is 0 Å². The first-order valence-corrected chi connectivity index (χ1v) is 7.17. The van der Waals surface area contributed by atoms with Crippen LogP contribution in [0.1, 0.15) is 42.9 Å². The van der Waals surface area contributed by atoms with Gasteiger partial charge in [0.1, 0.15) is 5.82 Å². The lowest BCUT2D eigenvalue weighted by molar-refractivity contribution is 0.317. The van der Waals surface area contributed by atoms with Crippen LogP contribution in [0.2, 0.25) is 0 Å². The first-order chi connectivity index (χ1) is 8.75. The Hall–Kier alpha value is -1.09. The largest absolute Gasteiger partial charge is 0.356 e. The average molecular weight is 245 g/mol. The van der Waals surface area contributed by atoms with Crippen molar-refractivity contribution in [2.75, 3.05) is 31.6 Å². The molecule has 0 radical (unpaired) electrons. The van der Waals surface area contributed by atoms with Crippen molar-refractivity contribution in [1.29, 1.82) is 0 Å². The number of pyridine rings is 1. The third kappa shape index (κ3) is 2.12. The zero-order chi connectivity index (χ0) is 12.5. The van der Waals surface area contributed by atoms with E-state index >= 15 is 0 Å². The van der Waals surface area contributed by atoms with E-state index in [1.807, 2.05) is 0 Å². The highest BCUT2D eigenvalue weighted by Crippen LogP contribution is 2.32. The molecule has 0 N–H and O–H groups in total. The molecule has 1 aromatic rings. The summed E-state index contributed by atoms with van der Waals surface area (Å²) in [6.07, 6.45) is 7.32. The predicted molar refractivity (Wildman–Crippen MR) is 75.0 cm³/mol. The van der Waals surface area contributed by atoms with E-state index in [-0.39, 0.29) is 0 Å². The Morgan fingerprint density at radius 2 is 1.94 bits per heavy atom. The van der Waals surface area contributed by atoms with Gasteiger partial charge in [0.25, 0.3) is 0 Å². The molecule has 0 bridgehead atoms. The summed E-state index contributed by atoms with van der Waals surface area (Å²) in [5.74, 6) is 1.21. The van der Waals surface area contributed by atoms with Crippen LogP contribution in [0.5, 0.6) is 0 Å². The van der Waals surface area contributed by atoms with Gasteiger partial charge in [0.05, 0.1) is 0 Å². The number of rotatable bonds is 2. The van der Waals surface area contributed by atoms with Gasteiger partial charge in [-0.05, 0) is 63.4 Å². The number of nitrogens with zero attached hydrogens (tertiary/aromatic N) is 3. The summed E-state index contributed by atoms with van der Waals surface area (Å²) in [7, 11) is 2.22. The summed E-state index contributed by atoms with van der Waals surface area (Å²) < 4.78 is 0. The van der Waals surface area contributed by atoms with E-state index < -0.39 is 0 Å². The Morgan fingerprint density at radius 1 is 1.17 bits per heavy atom. The first kappa shape index (κ1) is 12.0. The second-order valence-corrected chi connectivity index (χ2v) is 5.74. The molecule has 2 aliphatic rings. The smallest absolute Gasteiger partial charge is 0.131 e. The quantitative estimate of drug-likeness (QED) is 0.798. The van der Waals surface area contributed by atoms with Crippen LogP contribution in [0.15, 0.2) is 12.3 Å². The molecular formula is C15H23N3. The molecule has 0 amide bonds. The minimum absolute atomic E-state index is 0.587. The summed E-state index contributed by atoms with van der Waals surface area (Å²) in [6, 6.07) is 2.94. The van der Waals surface area contributed by atoms with Gasteiger partial charge in [-0.2, -0.15) is 0 Å². The van der Waals surface area contributed by atoms with Gasteiger partial charge in [0.2, 0.25) is 0 Å². The molecule has 18 heavy (non-hydrogen) atoms. The maximum absolute atomic E-state index is 4.74. The molecule has 0 spiro atoms. The molecule has 3 heterocycles. The average Bonchev–Trinajstić information content (AvgIpc) is 2.99. The van der Waals surface area contributed by atoms with Crippen molar-refractivity contribution in [3.05, 3.63) is 23.4 Å². The zero-order valence-electron chi connectivity index (χ0n) is 11.5. The van der Waals surface area contributed by atoms with Gasteiger partial charge in [-0.1, -0.05) is 0 Å². The van der Waals surface area contributed by atoms with E-state index in [2.05, 4.69) is 36.0 Å². The van der Waals surface area contributed by atoms with E-state index in [0.29, 0.717) is 6.04 Å². The molecule has 2 aliphatic heterocycles. The number of anilines is 1. The summed E-state index contributed by atoms with van der Waals surface area (Å²) in [6.45, 7) is 5.78. The van der Waals surface area contributed by atoms with E-state index in [1.165, 1.54) is 62.3 Å². The molecule has 98 valence electrons. The lowest BCUT2D eigenvalue weighted by Gasteiger charge is -2.23. The second-order valence-electron chi connectivity index (χ2n) is 5.74. The fourth-order valence-electron chi connectivity index (χ4n) is 3.36. The van der Waals surface area contributed by atoms with Crippen molar-refractivity contribution >= 4 is 5.82 Å². The van der Waals surface area contributed by atoms with Gasteiger partial charge in [-0.3, -0.25) is 4.90 Å². The monoisotopic (exact) mass is 245 g/mol. The highest BCUT2D eigenvalue weighted by atomic mass is 15.2. The Labute approximate surface area is 110 Å². The normalized spacial score (nSPS) is 25.0. The Balaban J connectivity index is 1.84. The maximum Gasteiger partial charge on any atom is 0.131 e. The topological polar surface area (TPSA) is 19.4 Å². The van der Waals surface area contributed by atoms with Crippen molar-refractivity contribution in [3.63, 3.8) is 0 Å². The van der Waals surface area contributed by atoms with Crippen LogP contribution in [-0.4, -0.2) is 36.6 Å². The van der Waals surface area contributed by atoms with E-state index in [4.69, 9.17) is 4.98 Å². The van der Waals surface area contributed by atoms with Crippen LogP contribution >= 0.6 is 0 Å². The zero-order valence-corrected chi connectivity index (χ0v) is 11.5. The van der Waals surface area contributed by atoms with Gasteiger partial charge < -0.3 is 4.90 Å². The molecular weight excluding hydrogens is 222 g/mol. The van der Waals surface area contributed by atoms with Gasteiger partial charge in [0, 0.05) is 25.3 Å². The number of aryl methyl sites for hydroxylation is 1. The molecule has 0 aliphatic carbocycles. The summed E-state index contributed by atoms with van der Waals surface area (Å²) in [5, 5.41) is 0. The van der Waals surface area contributed by atoms with Crippen LogP contribution in [0.25, 0.3) is 0 Å². The lowest BCUT2D eigenvalue weighted by atomic mass is 10.0. The van der Waals surface area contributed by atoms with E-state index in [9.17, 15) is 0 Å². The van der Waals surface area contributed by atoms with Gasteiger partial charge in [0.15, 0.2) is 0 Å². The molecule has 3 rings (SSSR count). The van der Waals surface area contributed by atoms with Crippen molar-refractivity contribution in [2.45, 2.75) is 38.6 Å². The number of aromatic nitrogens is 1. The molecule has 0 unspecified atom stereocenters. The fourth-order valence-corrected chi connectivity index (χ4v) is 3.36. The third-order valence-electron chi connectivity index (χ3n) is 4.38. The standard InChI is InChI=1S/C15H23N3/c1-12-10-13(14-6-5-7-17(14)2)11-16-15(12)18-8-3-4-9-18/h10-11,14H,3-9H2,1-2H3/t14-/m1/s1. The lowest BCUT2D eigenvalue weighted by Crippen LogP contribution is -2.21. The Morgan fingerprint density at radius 3 is 2.56 bits per heavy atom. The molecule has 1 aromatic heterocycles. The molecule has 3 nitrogen and oxygen atoms in total. The highest BCUT2D eigenvalue weighted by molar-refractivity contribution is 5.48. The van der Waals surface area contributed by atoms with Gasteiger partial charge in [-0.15, -0.1) is 0 Å². The number of hydrogen-bond donors (Lipinski definition) is 0. The molecule has 2 fully saturated rings. The van der Waals surface area contributed by atoms with Crippen molar-refractivity contribution in [1.82, 2.24) is 9.88 Å². The van der Waals surface area contributed by atoms with Crippen LogP contribution in [0, 0.1) is 6.92 Å². The Kier molecular flexibility index (Phi) is 3.25. The van der Waals surface area contributed by atoms with E-state index in [1.54, 1.807) is 0 Å². The number of hydrogen-bond acceptors (Lipinski definition) is 3. The molecule has 3 heteroatoms.